The minimum absolute atomic E-state index is 0.123. The van der Waals surface area contributed by atoms with Gasteiger partial charge in [-0.1, -0.05) is 6.07 Å². The Bertz CT molecular complexity index is 980. The minimum atomic E-state index is -0.414. The lowest BCUT2D eigenvalue weighted by Crippen LogP contribution is -2.24. The van der Waals surface area contributed by atoms with Crippen molar-refractivity contribution >= 4 is 16.9 Å². The predicted molar refractivity (Wildman–Crippen MR) is 98.2 cm³/mol. The average molecular weight is 352 g/mol. The Hall–Kier alpha value is -3.15. The number of aryl methyl sites for hydroxylation is 1. The molecule has 0 unspecified atom stereocenters. The molecule has 6 heteroatoms. The summed E-state index contributed by atoms with van der Waals surface area (Å²) in [5.74, 6) is 0.505. The molecule has 3 aromatic rings. The van der Waals surface area contributed by atoms with Gasteiger partial charge in [0, 0.05) is 42.4 Å². The second-order valence-electron chi connectivity index (χ2n) is 5.99. The van der Waals surface area contributed by atoms with Crippen LogP contribution in [0.4, 0.5) is 0 Å². The molecule has 0 aliphatic rings. The van der Waals surface area contributed by atoms with Crippen molar-refractivity contribution in [1.82, 2.24) is 10.3 Å². The molecule has 0 saturated heterocycles. The molecule has 0 atom stereocenters. The Kier molecular flexibility index (Phi) is 5.31. The van der Waals surface area contributed by atoms with E-state index in [1.165, 1.54) is 0 Å². The number of pyridine rings is 1. The van der Waals surface area contributed by atoms with Gasteiger partial charge in [-0.3, -0.25) is 9.78 Å². The fourth-order valence-electron chi connectivity index (χ4n) is 2.82. The molecule has 26 heavy (non-hydrogen) atoms. The Labute approximate surface area is 150 Å². The molecule has 0 aliphatic heterocycles. The van der Waals surface area contributed by atoms with E-state index in [0.29, 0.717) is 29.9 Å². The molecule has 6 nitrogen and oxygen atoms in total. The van der Waals surface area contributed by atoms with Crippen molar-refractivity contribution in [2.24, 2.45) is 0 Å². The van der Waals surface area contributed by atoms with Gasteiger partial charge in [-0.05, 0) is 42.7 Å². The summed E-state index contributed by atoms with van der Waals surface area (Å²) in [6.07, 6.45) is 3.93. The van der Waals surface area contributed by atoms with Crippen LogP contribution in [0.2, 0.25) is 0 Å². The fraction of sp³-hybridized carbons (Fsp3) is 0.250. The smallest absolute Gasteiger partial charge is 0.339 e. The summed E-state index contributed by atoms with van der Waals surface area (Å²) in [6, 6.07) is 9.08. The first-order valence-corrected chi connectivity index (χ1v) is 8.34. The van der Waals surface area contributed by atoms with Gasteiger partial charge in [0.25, 0.3) is 0 Å². The Morgan fingerprint density at radius 2 is 2.15 bits per heavy atom. The number of carbonyl (C=O) groups is 1. The van der Waals surface area contributed by atoms with Crippen LogP contribution in [0.1, 0.15) is 23.1 Å². The van der Waals surface area contributed by atoms with Gasteiger partial charge in [0.2, 0.25) is 5.91 Å². The molecule has 0 radical (unpaired) electrons. The van der Waals surface area contributed by atoms with Gasteiger partial charge >= 0.3 is 5.63 Å². The Morgan fingerprint density at radius 1 is 1.31 bits per heavy atom. The van der Waals surface area contributed by atoms with E-state index < -0.39 is 5.63 Å². The van der Waals surface area contributed by atoms with Gasteiger partial charge in [0.1, 0.15) is 11.3 Å². The van der Waals surface area contributed by atoms with E-state index in [1.54, 1.807) is 25.6 Å². The van der Waals surface area contributed by atoms with Crippen molar-refractivity contribution in [3.63, 3.8) is 0 Å². The van der Waals surface area contributed by atoms with Crippen LogP contribution >= 0.6 is 0 Å². The lowest BCUT2D eigenvalue weighted by atomic mass is 10.0. The number of benzene rings is 1. The first-order chi connectivity index (χ1) is 12.6. The lowest BCUT2D eigenvalue weighted by molar-refractivity contribution is -0.121. The third-order valence-corrected chi connectivity index (χ3v) is 4.31. The van der Waals surface area contributed by atoms with Crippen molar-refractivity contribution in [2.75, 3.05) is 7.11 Å². The van der Waals surface area contributed by atoms with Crippen LogP contribution in [0.5, 0.6) is 5.75 Å². The summed E-state index contributed by atoms with van der Waals surface area (Å²) in [5, 5.41) is 3.68. The molecule has 0 bridgehead atoms. The van der Waals surface area contributed by atoms with Gasteiger partial charge in [0.15, 0.2) is 0 Å². The topological polar surface area (TPSA) is 81.4 Å². The van der Waals surface area contributed by atoms with E-state index in [2.05, 4.69) is 10.3 Å². The molecule has 1 aromatic carbocycles. The quantitative estimate of drug-likeness (QED) is 0.690. The van der Waals surface area contributed by atoms with E-state index in [9.17, 15) is 9.59 Å². The number of amides is 1. The highest BCUT2D eigenvalue weighted by molar-refractivity contribution is 5.82. The molecule has 0 aliphatic carbocycles. The molecule has 0 spiro atoms. The van der Waals surface area contributed by atoms with Crippen molar-refractivity contribution in [2.45, 2.75) is 26.3 Å². The summed E-state index contributed by atoms with van der Waals surface area (Å²) >= 11 is 0. The average Bonchev–Trinajstić information content (AvgIpc) is 2.66. The van der Waals surface area contributed by atoms with Gasteiger partial charge in [-0.15, -0.1) is 0 Å². The molecule has 134 valence electrons. The number of aromatic nitrogens is 1. The van der Waals surface area contributed by atoms with Gasteiger partial charge in [-0.2, -0.15) is 0 Å². The van der Waals surface area contributed by atoms with Gasteiger partial charge < -0.3 is 14.5 Å². The zero-order chi connectivity index (χ0) is 18.5. The lowest BCUT2D eigenvalue weighted by Gasteiger charge is -2.09. The predicted octanol–water partition coefficient (Wildman–Crippen LogP) is 2.75. The zero-order valence-electron chi connectivity index (χ0n) is 14.7. The second kappa shape index (κ2) is 7.82. The summed E-state index contributed by atoms with van der Waals surface area (Å²) in [4.78, 5) is 28.4. The van der Waals surface area contributed by atoms with Crippen LogP contribution in [-0.4, -0.2) is 18.0 Å². The zero-order valence-corrected chi connectivity index (χ0v) is 14.7. The van der Waals surface area contributed by atoms with Crippen LogP contribution in [0.25, 0.3) is 11.0 Å². The maximum atomic E-state index is 12.3. The first-order valence-electron chi connectivity index (χ1n) is 8.34. The minimum Gasteiger partial charge on any atom is -0.497 e. The highest BCUT2D eigenvalue weighted by atomic mass is 16.5. The largest absolute Gasteiger partial charge is 0.497 e. The number of hydrogen-bond acceptors (Lipinski definition) is 5. The van der Waals surface area contributed by atoms with Gasteiger partial charge in [-0.25, -0.2) is 4.79 Å². The number of methoxy groups -OCH3 is 1. The number of fused-ring (bicyclic) bond motifs is 1. The van der Waals surface area contributed by atoms with Gasteiger partial charge in [0.05, 0.1) is 7.11 Å². The normalized spacial score (nSPS) is 10.7. The van der Waals surface area contributed by atoms with E-state index >= 15 is 0 Å². The first kappa shape index (κ1) is 17.7. The molecule has 1 amide bonds. The van der Waals surface area contributed by atoms with Crippen LogP contribution in [-0.2, 0) is 17.8 Å². The molecular weight excluding hydrogens is 332 g/mol. The summed E-state index contributed by atoms with van der Waals surface area (Å²) < 4.78 is 10.6. The molecule has 2 aromatic heterocycles. The molecular formula is C20H20N2O4. The number of nitrogens with one attached hydrogen (secondary N) is 1. The van der Waals surface area contributed by atoms with E-state index in [0.717, 1.165) is 16.5 Å². The standard InChI is InChI=1S/C20H20N2O4/c1-13-16-6-5-15(25-2)10-18(16)26-20(24)17(13)7-8-19(23)22-12-14-4-3-9-21-11-14/h3-6,9-11H,7-8,12H2,1-2H3,(H,22,23). The summed E-state index contributed by atoms with van der Waals surface area (Å²) in [6.45, 7) is 2.28. The second-order valence-corrected chi connectivity index (χ2v) is 5.99. The number of ether oxygens (including phenoxy) is 1. The highest BCUT2D eigenvalue weighted by Gasteiger charge is 2.13. The monoisotopic (exact) mass is 352 g/mol. The van der Waals surface area contributed by atoms with E-state index in [1.807, 2.05) is 31.2 Å². The Balaban J connectivity index is 1.70. The van der Waals surface area contributed by atoms with Crippen molar-refractivity contribution in [3.8, 4) is 5.75 Å². The Morgan fingerprint density at radius 3 is 2.88 bits per heavy atom. The third-order valence-electron chi connectivity index (χ3n) is 4.31. The number of nitrogens with zero attached hydrogens (tertiary/aromatic N) is 1. The maximum Gasteiger partial charge on any atom is 0.339 e. The van der Waals surface area contributed by atoms with Crippen molar-refractivity contribution in [1.29, 1.82) is 0 Å². The van der Waals surface area contributed by atoms with E-state index in [4.69, 9.17) is 9.15 Å². The van der Waals surface area contributed by atoms with Crippen LogP contribution in [0, 0.1) is 6.92 Å². The highest BCUT2D eigenvalue weighted by Crippen LogP contribution is 2.24. The molecule has 0 saturated carbocycles. The number of hydrogen-bond donors (Lipinski definition) is 1. The van der Waals surface area contributed by atoms with Crippen molar-refractivity contribution in [3.05, 3.63) is 69.8 Å². The summed E-state index contributed by atoms with van der Waals surface area (Å²) in [5.41, 5.74) is 2.36. The SMILES string of the molecule is COc1ccc2c(C)c(CCC(=O)NCc3cccnc3)c(=O)oc2c1. The van der Waals surface area contributed by atoms with E-state index in [-0.39, 0.29) is 12.3 Å². The van der Waals surface area contributed by atoms with Crippen molar-refractivity contribution < 1.29 is 13.9 Å². The number of carbonyl (C=O) groups excluding carboxylic acids is 1. The van der Waals surface area contributed by atoms with Crippen LogP contribution in [0.15, 0.2) is 51.9 Å². The van der Waals surface area contributed by atoms with Crippen LogP contribution in [0.3, 0.4) is 0 Å². The fourth-order valence-corrected chi connectivity index (χ4v) is 2.82. The van der Waals surface area contributed by atoms with Crippen LogP contribution < -0.4 is 15.7 Å². The molecule has 1 N–H and O–H groups in total. The number of rotatable bonds is 6. The molecule has 2 heterocycles. The maximum absolute atomic E-state index is 12.3. The molecule has 0 fully saturated rings. The summed E-state index contributed by atoms with van der Waals surface area (Å²) in [7, 11) is 1.56. The molecule has 3 rings (SSSR count). The third kappa shape index (κ3) is 3.91.